The topological polar surface area (TPSA) is 24.5 Å². The van der Waals surface area contributed by atoms with Crippen LogP contribution >= 0.6 is 0 Å². The minimum atomic E-state index is 0.773. The molecule has 3 nitrogen and oxygen atoms in total. The SMILES string of the molecule is C1=CCN(Oc2ccccc2)NCC1. The first-order valence-corrected chi connectivity index (χ1v) is 4.84. The van der Waals surface area contributed by atoms with Crippen LogP contribution < -0.4 is 10.3 Å². The van der Waals surface area contributed by atoms with E-state index in [2.05, 4.69) is 17.6 Å². The largest absolute Gasteiger partial charge is 0.391 e. The summed E-state index contributed by atoms with van der Waals surface area (Å²) in [6.07, 6.45) is 5.30. The van der Waals surface area contributed by atoms with Gasteiger partial charge < -0.3 is 4.84 Å². The number of hydrogen-bond acceptors (Lipinski definition) is 3. The van der Waals surface area contributed by atoms with Gasteiger partial charge in [0.15, 0.2) is 0 Å². The van der Waals surface area contributed by atoms with Gasteiger partial charge >= 0.3 is 0 Å². The Morgan fingerprint density at radius 1 is 1.14 bits per heavy atom. The van der Waals surface area contributed by atoms with Gasteiger partial charge in [0.1, 0.15) is 5.75 Å². The van der Waals surface area contributed by atoms with Crippen molar-refractivity contribution in [3.05, 3.63) is 42.5 Å². The maximum atomic E-state index is 5.61. The summed E-state index contributed by atoms with van der Waals surface area (Å²) in [4.78, 5) is 5.61. The van der Waals surface area contributed by atoms with Gasteiger partial charge in [0, 0.05) is 6.54 Å². The summed E-state index contributed by atoms with van der Waals surface area (Å²) in [6, 6.07) is 9.78. The van der Waals surface area contributed by atoms with Gasteiger partial charge in [-0.3, -0.25) is 0 Å². The molecule has 1 aliphatic rings. The van der Waals surface area contributed by atoms with Gasteiger partial charge in [-0.2, -0.15) is 0 Å². The molecular weight excluding hydrogens is 176 g/mol. The Balaban J connectivity index is 1.93. The molecule has 0 saturated carbocycles. The van der Waals surface area contributed by atoms with E-state index in [-0.39, 0.29) is 0 Å². The second-order valence-electron chi connectivity index (χ2n) is 3.13. The average Bonchev–Trinajstić information content (AvgIpc) is 2.48. The highest BCUT2D eigenvalue weighted by Gasteiger charge is 2.05. The van der Waals surface area contributed by atoms with E-state index in [1.54, 1.807) is 5.17 Å². The Bertz CT molecular complexity index is 297. The molecule has 0 amide bonds. The van der Waals surface area contributed by atoms with Gasteiger partial charge in [0.05, 0.1) is 6.54 Å². The lowest BCUT2D eigenvalue weighted by atomic mass is 10.3. The van der Waals surface area contributed by atoms with Crippen molar-refractivity contribution in [1.29, 1.82) is 0 Å². The molecule has 0 aromatic heterocycles. The first kappa shape index (κ1) is 9.24. The van der Waals surface area contributed by atoms with E-state index in [0.717, 1.165) is 25.3 Å². The molecular formula is C11H14N2O. The van der Waals surface area contributed by atoms with Crippen LogP contribution in [-0.2, 0) is 0 Å². The van der Waals surface area contributed by atoms with Gasteiger partial charge in [-0.1, -0.05) is 35.5 Å². The van der Waals surface area contributed by atoms with Crippen molar-refractivity contribution in [2.45, 2.75) is 6.42 Å². The third kappa shape index (κ3) is 2.58. The van der Waals surface area contributed by atoms with Crippen LogP contribution in [0.2, 0.25) is 0 Å². The van der Waals surface area contributed by atoms with Gasteiger partial charge in [-0.15, -0.1) is 0 Å². The molecule has 0 bridgehead atoms. The van der Waals surface area contributed by atoms with E-state index in [4.69, 9.17) is 4.84 Å². The molecule has 74 valence electrons. The summed E-state index contributed by atoms with van der Waals surface area (Å²) in [6.45, 7) is 1.69. The van der Waals surface area contributed by atoms with Crippen LogP contribution in [0.1, 0.15) is 6.42 Å². The van der Waals surface area contributed by atoms with E-state index >= 15 is 0 Å². The molecule has 14 heavy (non-hydrogen) atoms. The number of benzene rings is 1. The highest BCUT2D eigenvalue weighted by atomic mass is 16.7. The van der Waals surface area contributed by atoms with E-state index in [9.17, 15) is 0 Å². The molecule has 0 fully saturated rings. The van der Waals surface area contributed by atoms with Gasteiger partial charge in [-0.25, -0.2) is 5.43 Å². The van der Waals surface area contributed by atoms with Crippen LogP contribution in [0.3, 0.4) is 0 Å². The molecule has 0 unspecified atom stereocenters. The van der Waals surface area contributed by atoms with Crippen LogP contribution in [0, 0.1) is 0 Å². The number of para-hydroxylation sites is 1. The molecule has 0 spiro atoms. The highest BCUT2D eigenvalue weighted by molar-refractivity contribution is 5.20. The van der Waals surface area contributed by atoms with Crippen LogP contribution in [-0.4, -0.2) is 18.3 Å². The zero-order chi connectivity index (χ0) is 9.64. The Labute approximate surface area is 83.9 Å². The molecule has 0 aliphatic carbocycles. The molecule has 1 aromatic rings. The first-order chi connectivity index (χ1) is 6.95. The van der Waals surface area contributed by atoms with Crippen molar-refractivity contribution in [3.8, 4) is 5.75 Å². The Hall–Kier alpha value is -1.32. The summed E-state index contributed by atoms with van der Waals surface area (Å²) < 4.78 is 0. The van der Waals surface area contributed by atoms with Crippen molar-refractivity contribution in [3.63, 3.8) is 0 Å². The van der Waals surface area contributed by atoms with Crippen molar-refractivity contribution in [1.82, 2.24) is 10.6 Å². The lowest BCUT2D eigenvalue weighted by molar-refractivity contribution is -0.0933. The summed E-state index contributed by atoms with van der Waals surface area (Å²) in [5.41, 5.74) is 3.18. The molecule has 1 aliphatic heterocycles. The molecule has 0 radical (unpaired) electrons. The second-order valence-corrected chi connectivity index (χ2v) is 3.13. The fourth-order valence-electron chi connectivity index (χ4n) is 1.30. The Kier molecular flexibility index (Phi) is 3.16. The van der Waals surface area contributed by atoms with Gasteiger partial charge in [0.25, 0.3) is 0 Å². The summed E-state index contributed by atoms with van der Waals surface area (Å²) >= 11 is 0. The lowest BCUT2D eigenvalue weighted by Gasteiger charge is -2.19. The zero-order valence-corrected chi connectivity index (χ0v) is 8.02. The average molecular weight is 190 g/mol. The zero-order valence-electron chi connectivity index (χ0n) is 8.02. The van der Waals surface area contributed by atoms with Crippen LogP contribution in [0.5, 0.6) is 5.75 Å². The molecule has 1 aromatic carbocycles. The van der Waals surface area contributed by atoms with E-state index in [1.165, 1.54) is 0 Å². The Morgan fingerprint density at radius 3 is 2.86 bits per heavy atom. The van der Waals surface area contributed by atoms with Gasteiger partial charge in [0.2, 0.25) is 0 Å². The fourth-order valence-corrected chi connectivity index (χ4v) is 1.30. The first-order valence-electron chi connectivity index (χ1n) is 4.84. The van der Waals surface area contributed by atoms with Gasteiger partial charge in [-0.05, 0) is 18.6 Å². The quantitative estimate of drug-likeness (QED) is 0.719. The monoisotopic (exact) mass is 190 g/mol. The van der Waals surface area contributed by atoms with Crippen molar-refractivity contribution < 1.29 is 4.84 Å². The molecule has 2 rings (SSSR count). The summed E-state index contributed by atoms with van der Waals surface area (Å²) in [7, 11) is 0. The van der Waals surface area contributed by atoms with Crippen LogP contribution in [0.15, 0.2) is 42.5 Å². The third-order valence-electron chi connectivity index (χ3n) is 2.00. The smallest absolute Gasteiger partial charge is 0.149 e. The molecule has 0 atom stereocenters. The minimum Gasteiger partial charge on any atom is -0.391 e. The third-order valence-corrected chi connectivity index (χ3v) is 2.00. The fraction of sp³-hybridized carbons (Fsp3) is 0.273. The number of hydroxylamine groups is 1. The number of nitrogens with one attached hydrogen (secondary N) is 1. The minimum absolute atomic E-state index is 0.773. The van der Waals surface area contributed by atoms with E-state index in [0.29, 0.717) is 0 Å². The number of hydrazine groups is 1. The predicted octanol–water partition coefficient (Wildman–Crippen LogP) is 1.75. The molecule has 3 heteroatoms. The van der Waals surface area contributed by atoms with Crippen LogP contribution in [0.25, 0.3) is 0 Å². The maximum Gasteiger partial charge on any atom is 0.149 e. The molecule has 1 heterocycles. The lowest BCUT2D eigenvalue weighted by Crippen LogP contribution is -2.40. The van der Waals surface area contributed by atoms with Crippen LogP contribution in [0.4, 0.5) is 0 Å². The molecule has 0 saturated heterocycles. The second kappa shape index (κ2) is 4.79. The Morgan fingerprint density at radius 2 is 2.00 bits per heavy atom. The van der Waals surface area contributed by atoms with Crippen molar-refractivity contribution in [2.75, 3.05) is 13.1 Å². The number of nitrogens with zero attached hydrogens (tertiary/aromatic N) is 1. The normalized spacial score (nSPS) is 17.7. The van der Waals surface area contributed by atoms with Crippen molar-refractivity contribution >= 4 is 0 Å². The highest BCUT2D eigenvalue weighted by Crippen LogP contribution is 2.09. The maximum absolute atomic E-state index is 5.61. The summed E-state index contributed by atoms with van der Waals surface area (Å²) in [5, 5.41) is 1.75. The van der Waals surface area contributed by atoms with E-state index in [1.807, 2.05) is 30.3 Å². The number of rotatable bonds is 2. The van der Waals surface area contributed by atoms with E-state index < -0.39 is 0 Å². The molecule has 1 N–H and O–H groups in total. The number of hydrogen-bond donors (Lipinski definition) is 1. The summed E-state index contributed by atoms with van der Waals surface area (Å²) in [5.74, 6) is 0.857. The van der Waals surface area contributed by atoms with Crippen molar-refractivity contribution in [2.24, 2.45) is 0 Å². The predicted molar refractivity (Wildman–Crippen MR) is 55.5 cm³/mol. The standard InChI is InChI=1S/C11H14N2O/c1-3-7-11(8-4-1)14-13-10-6-2-5-9-12-13/h1-4,6-8,12H,5,9-10H2.